The summed E-state index contributed by atoms with van der Waals surface area (Å²) in [6.07, 6.45) is -4.67. The van der Waals surface area contributed by atoms with E-state index < -0.39 is 18.1 Å². The van der Waals surface area contributed by atoms with E-state index in [0.29, 0.717) is 4.88 Å². The molecule has 18 heavy (non-hydrogen) atoms. The highest BCUT2D eigenvalue weighted by Crippen LogP contribution is 2.36. The molecule has 0 fully saturated rings. The molecule has 0 spiro atoms. The summed E-state index contributed by atoms with van der Waals surface area (Å²) in [6.45, 7) is 0. The van der Waals surface area contributed by atoms with E-state index in [1.54, 1.807) is 6.07 Å². The van der Waals surface area contributed by atoms with E-state index in [2.05, 4.69) is 46.5 Å². The molecule has 98 valence electrons. The van der Waals surface area contributed by atoms with Crippen LogP contribution in [0.5, 0.6) is 0 Å². The Morgan fingerprint density at radius 3 is 2.50 bits per heavy atom. The van der Waals surface area contributed by atoms with Crippen LogP contribution in [0.2, 0.25) is 0 Å². The largest absolute Gasteiger partial charge is 0.471 e. The molecular formula is C8H4Br2F3N3OS. The molecular weight excluding hydrogens is 403 g/mol. The van der Waals surface area contributed by atoms with Crippen LogP contribution >= 0.6 is 43.2 Å². The Bertz CT molecular complexity index is 549. The van der Waals surface area contributed by atoms with E-state index in [9.17, 15) is 13.2 Å². The lowest BCUT2D eigenvalue weighted by atomic mass is 10.2. The zero-order chi connectivity index (χ0) is 13.5. The van der Waals surface area contributed by atoms with E-state index in [4.69, 9.17) is 5.73 Å². The first-order valence-electron chi connectivity index (χ1n) is 4.40. The van der Waals surface area contributed by atoms with Crippen LogP contribution in [-0.4, -0.2) is 10.1 Å². The molecule has 10 heteroatoms. The van der Waals surface area contributed by atoms with Gasteiger partial charge in [-0.3, -0.25) is 0 Å². The van der Waals surface area contributed by atoms with Crippen molar-refractivity contribution in [2.45, 2.75) is 12.2 Å². The number of halogens is 5. The van der Waals surface area contributed by atoms with Crippen LogP contribution in [0.25, 0.3) is 0 Å². The van der Waals surface area contributed by atoms with Gasteiger partial charge in [-0.05, 0) is 37.9 Å². The second kappa shape index (κ2) is 4.91. The molecule has 0 amide bonds. The molecule has 0 aliphatic rings. The van der Waals surface area contributed by atoms with E-state index in [1.807, 2.05) is 0 Å². The van der Waals surface area contributed by atoms with Gasteiger partial charge in [0.1, 0.15) is 6.04 Å². The van der Waals surface area contributed by atoms with Crippen molar-refractivity contribution in [3.8, 4) is 0 Å². The first kappa shape index (κ1) is 14.0. The molecule has 2 aromatic heterocycles. The molecule has 0 aromatic carbocycles. The van der Waals surface area contributed by atoms with Gasteiger partial charge in [-0.1, -0.05) is 5.16 Å². The highest BCUT2D eigenvalue weighted by molar-refractivity contribution is 9.13. The van der Waals surface area contributed by atoms with Crippen molar-refractivity contribution in [2.75, 3.05) is 0 Å². The average Bonchev–Trinajstić information content (AvgIpc) is 2.85. The number of nitrogens with zero attached hydrogens (tertiary/aromatic N) is 2. The summed E-state index contributed by atoms with van der Waals surface area (Å²) in [6, 6.07) is 0.820. The number of hydrogen-bond donors (Lipinski definition) is 1. The highest BCUT2D eigenvalue weighted by atomic mass is 79.9. The maximum absolute atomic E-state index is 12.3. The van der Waals surface area contributed by atoms with Crippen molar-refractivity contribution < 1.29 is 17.7 Å². The molecule has 2 rings (SSSR count). The summed E-state index contributed by atoms with van der Waals surface area (Å²) < 4.78 is 42.5. The standard InChI is InChI=1S/C8H4Br2F3N3OS/c9-2-1-3(18-5(2)10)4(14)6-15-7(17-16-6)8(11,12)13/h1,4H,14H2. The summed E-state index contributed by atoms with van der Waals surface area (Å²) in [5, 5.41) is 3.24. The van der Waals surface area contributed by atoms with Gasteiger partial charge in [0.05, 0.1) is 3.79 Å². The van der Waals surface area contributed by atoms with Crippen LogP contribution in [0.3, 0.4) is 0 Å². The highest BCUT2D eigenvalue weighted by Gasteiger charge is 2.39. The van der Waals surface area contributed by atoms with Gasteiger partial charge in [0, 0.05) is 9.35 Å². The predicted molar refractivity (Wildman–Crippen MR) is 65.0 cm³/mol. The second-order valence-corrected chi connectivity index (χ2v) is 6.46. The Balaban J connectivity index is 2.29. The SMILES string of the molecule is NC(c1noc(C(F)(F)F)n1)c1cc(Br)c(Br)s1. The van der Waals surface area contributed by atoms with Crippen molar-refractivity contribution in [1.82, 2.24) is 10.1 Å². The summed E-state index contributed by atoms with van der Waals surface area (Å²) in [7, 11) is 0. The topological polar surface area (TPSA) is 64.9 Å². The molecule has 4 nitrogen and oxygen atoms in total. The molecule has 0 saturated carbocycles. The lowest BCUT2D eigenvalue weighted by molar-refractivity contribution is -0.159. The molecule has 1 unspecified atom stereocenters. The Kier molecular flexibility index (Phi) is 3.81. The van der Waals surface area contributed by atoms with Gasteiger partial charge in [0.2, 0.25) is 0 Å². The van der Waals surface area contributed by atoms with E-state index in [0.717, 1.165) is 8.26 Å². The second-order valence-electron chi connectivity index (χ2n) is 3.20. The minimum absolute atomic E-state index is 0.205. The summed E-state index contributed by atoms with van der Waals surface area (Å²) >= 11 is 7.80. The van der Waals surface area contributed by atoms with Crippen LogP contribution in [0, 0.1) is 0 Å². The van der Waals surface area contributed by atoms with Gasteiger partial charge in [-0.25, -0.2) is 0 Å². The minimum atomic E-state index is -4.67. The van der Waals surface area contributed by atoms with Crippen LogP contribution in [0.15, 0.2) is 18.8 Å². The molecule has 0 saturated heterocycles. The van der Waals surface area contributed by atoms with Gasteiger partial charge in [0.15, 0.2) is 5.82 Å². The third-order valence-corrected chi connectivity index (χ3v) is 5.27. The average molecular weight is 407 g/mol. The number of alkyl halides is 3. The number of aromatic nitrogens is 2. The molecule has 0 aliphatic carbocycles. The molecule has 0 aliphatic heterocycles. The van der Waals surface area contributed by atoms with E-state index in [1.165, 1.54) is 11.3 Å². The third kappa shape index (κ3) is 2.76. The Labute approximate surface area is 120 Å². The van der Waals surface area contributed by atoms with Crippen molar-refractivity contribution in [3.63, 3.8) is 0 Å². The Morgan fingerprint density at radius 2 is 2.06 bits per heavy atom. The lowest BCUT2D eigenvalue weighted by Gasteiger charge is -2.02. The first-order valence-corrected chi connectivity index (χ1v) is 6.80. The zero-order valence-corrected chi connectivity index (χ0v) is 12.3. The van der Waals surface area contributed by atoms with Crippen molar-refractivity contribution >= 4 is 43.2 Å². The number of thiophene rings is 1. The van der Waals surface area contributed by atoms with Crippen molar-refractivity contribution in [2.24, 2.45) is 5.73 Å². The molecule has 2 N–H and O–H groups in total. The maximum Gasteiger partial charge on any atom is 0.471 e. The van der Waals surface area contributed by atoms with E-state index in [-0.39, 0.29) is 5.82 Å². The van der Waals surface area contributed by atoms with Crippen LogP contribution < -0.4 is 5.73 Å². The third-order valence-electron chi connectivity index (χ3n) is 1.93. The zero-order valence-electron chi connectivity index (χ0n) is 8.33. The van der Waals surface area contributed by atoms with Gasteiger partial charge >= 0.3 is 12.1 Å². The molecule has 2 heterocycles. The molecule has 1 atom stereocenters. The van der Waals surface area contributed by atoms with Gasteiger partial charge < -0.3 is 10.3 Å². The first-order chi connectivity index (χ1) is 8.29. The maximum atomic E-state index is 12.3. The number of hydrogen-bond acceptors (Lipinski definition) is 5. The van der Waals surface area contributed by atoms with Crippen molar-refractivity contribution in [3.05, 3.63) is 30.9 Å². The van der Waals surface area contributed by atoms with E-state index >= 15 is 0 Å². The quantitative estimate of drug-likeness (QED) is 0.825. The Morgan fingerprint density at radius 1 is 1.39 bits per heavy atom. The predicted octanol–water partition coefficient (Wildman–Crippen LogP) is 3.72. The number of nitrogens with two attached hydrogens (primary N) is 1. The fourth-order valence-corrected chi connectivity index (χ4v) is 3.21. The Hall–Kier alpha value is -0.450. The molecule has 0 bridgehead atoms. The van der Waals surface area contributed by atoms with Crippen molar-refractivity contribution in [1.29, 1.82) is 0 Å². The molecule has 2 aromatic rings. The van der Waals surface area contributed by atoms with Gasteiger partial charge in [0.25, 0.3) is 0 Å². The summed E-state index contributed by atoms with van der Waals surface area (Å²) in [4.78, 5) is 3.86. The number of rotatable bonds is 2. The fraction of sp³-hybridized carbons (Fsp3) is 0.250. The normalized spacial score (nSPS) is 13.9. The summed E-state index contributed by atoms with van der Waals surface area (Å²) in [5.74, 6) is -1.61. The van der Waals surface area contributed by atoms with Crippen LogP contribution in [-0.2, 0) is 6.18 Å². The van der Waals surface area contributed by atoms with Gasteiger partial charge in [-0.2, -0.15) is 18.2 Å². The minimum Gasteiger partial charge on any atom is -0.329 e. The smallest absolute Gasteiger partial charge is 0.329 e. The molecule has 0 radical (unpaired) electrons. The van der Waals surface area contributed by atoms with Crippen LogP contribution in [0.4, 0.5) is 13.2 Å². The van der Waals surface area contributed by atoms with Crippen LogP contribution in [0.1, 0.15) is 22.6 Å². The summed E-state index contributed by atoms with van der Waals surface area (Å²) in [5.41, 5.74) is 5.77. The lowest BCUT2D eigenvalue weighted by Crippen LogP contribution is -2.13. The van der Waals surface area contributed by atoms with Gasteiger partial charge in [-0.15, -0.1) is 11.3 Å². The fourth-order valence-electron chi connectivity index (χ4n) is 1.12. The monoisotopic (exact) mass is 405 g/mol.